The van der Waals surface area contributed by atoms with Gasteiger partial charge in [-0.3, -0.25) is 10.8 Å². The number of nitrogens with two attached hydrogens (primary N) is 2. The highest BCUT2D eigenvalue weighted by Crippen LogP contribution is 2.40. The zero-order valence-electron chi connectivity index (χ0n) is 15.0. The minimum Gasteiger partial charge on any atom is -0.457 e. The number of hydrogen-bond donors (Lipinski definition) is 4. The Morgan fingerprint density at radius 3 is 1.44 bits per heavy atom. The largest absolute Gasteiger partial charge is 0.457 e. The molecule has 2 aromatic carbocycles. The number of para-hydroxylation sites is 2. The first-order chi connectivity index (χ1) is 11.9. The first-order valence-electron chi connectivity index (χ1n) is 7.75. The fraction of sp³-hybridized carbons (Fsp3) is 0.222. The van der Waals surface area contributed by atoms with Crippen LogP contribution in [-0.2, 0) is 0 Å². The summed E-state index contributed by atoms with van der Waals surface area (Å²) in [5.41, 5.74) is 13.0. The van der Waals surface area contributed by atoms with E-state index in [1.54, 1.807) is 0 Å². The van der Waals surface area contributed by atoms with Gasteiger partial charge in [-0.2, -0.15) is 0 Å². The summed E-state index contributed by atoms with van der Waals surface area (Å²) in [6.07, 6.45) is 0. The Morgan fingerprint density at radius 1 is 0.778 bits per heavy atom. The van der Waals surface area contributed by atoms with Crippen molar-refractivity contribution >= 4 is 67.8 Å². The predicted molar refractivity (Wildman–Crippen MR) is 129 cm³/mol. The van der Waals surface area contributed by atoms with Crippen molar-refractivity contribution in [3.63, 3.8) is 0 Å². The number of halogens is 2. The Bertz CT molecular complexity index is 713. The molecule has 27 heavy (non-hydrogen) atoms. The topological polar surface area (TPSA) is 109 Å². The van der Waals surface area contributed by atoms with Crippen molar-refractivity contribution in [2.75, 3.05) is 0 Å². The van der Waals surface area contributed by atoms with Gasteiger partial charge in [-0.25, -0.2) is 0 Å². The van der Waals surface area contributed by atoms with E-state index in [1.807, 2.05) is 62.4 Å². The number of benzene rings is 2. The van der Waals surface area contributed by atoms with Gasteiger partial charge in [0.2, 0.25) is 0 Å². The Morgan fingerprint density at radius 2 is 1.11 bits per heavy atom. The van der Waals surface area contributed by atoms with E-state index in [0.29, 0.717) is 0 Å². The van der Waals surface area contributed by atoms with Crippen molar-refractivity contribution in [2.24, 2.45) is 11.5 Å². The fourth-order valence-electron chi connectivity index (χ4n) is 2.44. The SMILES string of the molecule is Br.Br.CC(SC(=N)N)c1ccccc1Oc1ccccc1C(C)SC(=N)N. The maximum absolute atomic E-state index is 7.49. The molecular weight excluding hydrogens is 512 g/mol. The van der Waals surface area contributed by atoms with Crippen LogP contribution >= 0.6 is 57.5 Å². The van der Waals surface area contributed by atoms with E-state index < -0.39 is 0 Å². The van der Waals surface area contributed by atoms with E-state index in [-0.39, 0.29) is 54.8 Å². The third-order valence-electron chi connectivity index (χ3n) is 3.54. The maximum atomic E-state index is 7.49. The molecule has 0 heterocycles. The molecular formula is C18H24Br2N4OS2. The van der Waals surface area contributed by atoms with Gasteiger partial charge in [0.25, 0.3) is 0 Å². The fourth-order valence-corrected chi connectivity index (χ4v) is 3.85. The molecule has 2 rings (SSSR count). The van der Waals surface area contributed by atoms with Gasteiger partial charge in [0.05, 0.1) is 0 Å². The second kappa shape index (κ2) is 12.3. The summed E-state index contributed by atoms with van der Waals surface area (Å²) in [5.74, 6) is 1.47. The predicted octanol–water partition coefficient (Wildman–Crippen LogP) is 6.01. The Labute approximate surface area is 189 Å². The minimum absolute atomic E-state index is 0. The molecule has 0 fully saturated rings. The van der Waals surface area contributed by atoms with Gasteiger partial charge in [0.1, 0.15) is 11.5 Å². The third-order valence-corrected chi connectivity index (χ3v) is 5.26. The molecule has 5 nitrogen and oxygen atoms in total. The van der Waals surface area contributed by atoms with Crippen LogP contribution in [0.15, 0.2) is 48.5 Å². The number of thioether (sulfide) groups is 2. The van der Waals surface area contributed by atoms with Gasteiger partial charge in [-0.15, -0.1) is 34.0 Å². The molecule has 0 aliphatic rings. The van der Waals surface area contributed by atoms with E-state index in [9.17, 15) is 0 Å². The lowest BCUT2D eigenvalue weighted by Crippen LogP contribution is -2.07. The minimum atomic E-state index is 0. The highest BCUT2D eigenvalue weighted by molar-refractivity contribution is 8.93. The van der Waals surface area contributed by atoms with Crippen LogP contribution in [0.5, 0.6) is 11.5 Å². The van der Waals surface area contributed by atoms with Crippen molar-refractivity contribution in [3.05, 3.63) is 59.7 Å². The van der Waals surface area contributed by atoms with Crippen LogP contribution in [0.25, 0.3) is 0 Å². The van der Waals surface area contributed by atoms with E-state index in [4.69, 9.17) is 27.0 Å². The first-order valence-corrected chi connectivity index (χ1v) is 9.51. The van der Waals surface area contributed by atoms with Gasteiger partial charge in [-0.05, 0) is 26.0 Å². The normalized spacial score (nSPS) is 12.1. The Hall–Kier alpha value is -1.16. The highest BCUT2D eigenvalue weighted by atomic mass is 79.9. The molecule has 0 saturated carbocycles. The zero-order chi connectivity index (χ0) is 18.4. The average molecular weight is 536 g/mol. The van der Waals surface area contributed by atoms with Crippen molar-refractivity contribution in [1.82, 2.24) is 0 Å². The summed E-state index contributed by atoms with van der Waals surface area (Å²) < 4.78 is 6.20. The van der Waals surface area contributed by atoms with Gasteiger partial charge in [-0.1, -0.05) is 59.9 Å². The van der Waals surface area contributed by atoms with Crippen molar-refractivity contribution < 1.29 is 4.74 Å². The number of ether oxygens (including phenoxy) is 1. The summed E-state index contributed by atoms with van der Waals surface area (Å²) in [4.78, 5) is 0. The number of amidine groups is 2. The van der Waals surface area contributed by atoms with Crippen LogP contribution in [0.4, 0.5) is 0 Å². The highest BCUT2D eigenvalue weighted by Gasteiger charge is 2.17. The maximum Gasteiger partial charge on any atom is 0.151 e. The Kier molecular flexibility index (Phi) is 11.8. The first kappa shape index (κ1) is 25.8. The second-order valence-corrected chi connectivity index (χ2v) is 8.19. The summed E-state index contributed by atoms with van der Waals surface area (Å²) in [5, 5.41) is 15.1. The molecule has 0 amide bonds. The summed E-state index contributed by atoms with van der Waals surface area (Å²) in [6.45, 7) is 3.99. The average Bonchev–Trinajstić information content (AvgIpc) is 2.54. The van der Waals surface area contributed by atoms with Crippen molar-refractivity contribution in [2.45, 2.75) is 24.3 Å². The van der Waals surface area contributed by atoms with E-state index >= 15 is 0 Å². The van der Waals surface area contributed by atoms with E-state index in [1.165, 1.54) is 23.5 Å². The second-order valence-electron chi connectivity index (χ2n) is 5.43. The van der Waals surface area contributed by atoms with Gasteiger partial charge >= 0.3 is 0 Å². The molecule has 6 N–H and O–H groups in total. The smallest absolute Gasteiger partial charge is 0.151 e. The van der Waals surface area contributed by atoms with Crippen LogP contribution in [-0.4, -0.2) is 10.3 Å². The molecule has 2 atom stereocenters. The van der Waals surface area contributed by atoms with Crippen molar-refractivity contribution in [1.29, 1.82) is 10.8 Å². The standard InChI is InChI=1S/C18H22N4OS2.2BrH/c1-11(24-17(19)20)13-7-3-5-9-15(13)23-16-10-6-4-8-14(16)12(2)25-18(21)22;;/h3-12H,1-2H3,(H3,19,20)(H3,21,22);2*1H. The van der Waals surface area contributed by atoms with Gasteiger partial charge < -0.3 is 16.2 Å². The van der Waals surface area contributed by atoms with Crippen LogP contribution in [0.3, 0.4) is 0 Å². The number of nitrogens with one attached hydrogen (secondary N) is 2. The zero-order valence-corrected chi connectivity index (χ0v) is 20.0. The quantitative estimate of drug-likeness (QED) is 0.267. The summed E-state index contributed by atoms with van der Waals surface area (Å²) in [7, 11) is 0. The summed E-state index contributed by atoms with van der Waals surface area (Å²) in [6, 6.07) is 15.5. The number of rotatable bonds is 6. The summed E-state index contributed by atoms with van der Waals surface area (Å²) >= 11 is 2.57. The van der Waals surface area contributed by atoms with Crippen LogP contribution in [0.2, 0.25) is 0 Å². The Balaban J connectivity index is 0.00000338. The molecule has 0 bridgehead atoms. The lowest BCUT2D eigenvalue weighted by atomic mass is 10.1. The van der Waals surface area contributed by atoms with Crippen LogP contribution in [0, 0.1) is 10.8 Å². The molecule has 0 saturated heterocycles. The van der Waals surface area contributed by atoms with Crippen molar-refractivity contribution in [3.8, 4) is 11.5 Å². The molecule has 0 aliphatic heterocycles. The van der Waals surface area contributed by atoms with Crippen LogP contribution < -0.4 is 16.2 Å². The van der Waals surface area contributed by atoms with Gasteiger partial charge in [0, 0.05) is 21.6 Å². The third kappa shape index (κ3) is 7.77. The molecule has 0 spiro atoms. The van der Waals surface area contributed by atoms with E-state index in [2.05, 4.69) is 0 Å². The molecule has 9 heteroatoms. The lowest BCUT2D eigenvalue weighted by Gasteiger charge is -2.19. The number of hydrogen-bond acceptors (Lipinski definition) is 5. The molecule has 2 unspecified atom stereocenters. The van der Waals surface area contributed by atoms with Crippen LogP contribution in [0.1, 0.15) is 35.5 Å². The molecule has 0 radical (unpaired) electrons. The molecule has 0 aromatic heterocycles. The van der Waals surface area contributed by atoms with Gasteiger partial charge in [0.15, 0.2) is 10.3 Å². The molecule has 0 aliphatic carbocycles. The monoisotopic (exact) mass is 534 g/mol. The molecule has 148 valence electrons. The lowest BCUT2D eigenvalue weighted by molar-refractivity contribution is 0.470. The molecule has 2 aromatic rings. The van der Waals surface area contributed by atoms with E-state index in [0.717, 1.165) is 22.6 Å².